The zero-order valence-electron chi connectivity index (χ0n) is 14.3. The lowest BCUT2D eigenvalue weighted by Gasteiger charge is -2.31. The number of hydrogen-bond donors (Lipinski definition) is 1. The number of piperidine rings is 1. The molecule has 1 aromatic heterocycles. The average Bonchev–Trinajstić information content (AvgIpc) is 3.20. The lowest BCUT2D eigenvalue weighted by Crippen LogP contribution is -2.48. The second-order valence-corrected chi connectivity index (χ2v) is 8.10. The summed E-state index contributed by atoms with van der Waals surface area (Å²) in [6, 6.07) is 3.68. The highest BCUT2D eigenvalue weighted by Gasteiger charge is 2.36. The number of carbonyl (C=O) groups excluding carboxylic acids is 4. The van der Waals surface area contributed by atoms with Crippen molar-refractivity contribution in [2.75, 3.05) is 19.6 Å². The van der Waals surface area contributed by atoms with E-state index in [9.17, 15) is 19.2 Å². The number of rotatable bonds is 4. The molecule has 0 radical (unpaired) electrons. The van der Waals surface area contributed by atoms with Gasteiger partial charge in [0.25, 0.3) is 11.1 Å². The maximum Gasteiger partial charge on any atom is 0.294 e. The first kappa shape index (κ1) is 18.7. The molecule has 9 heteroatoms. The molecule has 0 bridgehead atoms. The fourth-order valence-electron chi connectivity index (χ4n) is 2.89. The van der Waals surface area contributed by atoms with Crippen LogP contribution in [0.3, 0.4) is 0 Å². The van der Waals surface area contributed by atoms with E-state index in [1.807, 2.05) is 17.5 Å². The van der Waals surface area contributed by atoms with Crippen molar-refractivity contribution in [1.82, 2.24) is 15.1 Å². The zero-order chi connectivity index (χ0) is 18.7. The fourth-order valence-corrected chi connectivity index (χ4v) is 4.46. The number of thioether (sulfide) groups is 1. The zero-order valence-corrected chi connectivity index (χ0v) is 15.9. The normalized spacial score (nSPS) is 20.1. The Morgan fingerprint density at radius 2 is 2.04 bits per heavy atom. The highest BCUT2D eigenvalue weighted by Crippen LogP contribution is 2.32. The molecule has 2 aliphatic heterocycles. The quantitative estimate of drug-likeness (QED) is 0.790. The molecule has 1 N–H and O–H groups in total. The minimum atomic E-state index is -0.435. The lowest BCUT2D eigenvalue weighted by molar-refractivity contribution is -0.131. The third-order valence-electron chi connectivity index (χ3n) is 4.30. The van der Waals surface area contributed by atoms with E-state index in [0.717, 1.165) is 21.5 Å². The summed E-state index contributed by atoms with van der Waals surface area (Å²) in [5, 5.41) is 4.32. The Labute approximate surface area is 159 Å². The van der Waals surface area contributed by atoms with E-state index in [1.165, 1.54) is 18.3 Å². The van der Waals surface area contributed by atoms with Crippen molar-refractivity contribution in [3.63, 3.8) is 0 Å². The van der Waals surface area contributed by atoms with E-state index >= 15 is 0 Å². The van der Waals surface area contributed by atoms with E-state index in [4.69, 9.17) is 0 Å². The summed E-state index contributed by atoms with van der Waals surface area (Å²) in [7, 11) is 0. The molecule has 7 nitrogen and oxygen atoms in total. The van der Waals surface area contributed by atoms with Crippen molar-refractivity contribution in [3.05, 3.63) is 27.3 Å². The van der Waals surface area contributed by atoms with Crippen LogP contribution in [0.2, 0.25) is 0 Å². The number of carbonyl (C=O) groups is 4. The lowest BCUT2D eigenvalue weighted by atomic mass is 10.1. The van der Waals surface area contributed by atoms with Gasteiger partial charge in [-0.2, -0.15) is 0 Å². The predicted molar refractivity (Wildman–Crippen MR) is 100 cm³/mol. The van der Waals surface area contributed by atoms with E-state index in [1.54, 1.807) is 11.0 Å². The molecule has 26 heavy (non-hydrogen) atoms. The fraction of sp³-hybridized carbons (Fsp3) is 0.412. The van der Waals surface area contributed by atoms with E-state index < -0.39 is 11.1 Å². The van der Waals surface area contributed by atoms with Gasteiger partial charge in [0.15, 0.2) is 0 Å². The van der Waals surface area contributed by atoms with Crippen molar-refractivity contribution >= 4 is 52.1 Å². The first-order valence-electron chi connectivity index (χ1n) is 8.28. The van der Waals surface area contributed by atoms with Crippen molar-refractivity contribution in [2.45, 2.75) is 25.8 Å². The van der Waals surface area contributed by atoms with Gasteiger partial charge in [0, 0.05) is 30.9 Å². The Bertz CT molecular complexity index is 752. The smallest absolute Gasteiger partial charge is 0.294 e. The largest absolute Gasteiger partial charge is 0.352 e. The third kappa shape index (κ3) is 4.34. The molecule has 3 rings (SSSR count). The van der Waals surface area contributed by atoms with Gasteiger partial charge in [-0.15, -0.1) is 11.3 Å². The summed E-state index contributed by atoms with van der Waals surface area (Å²) in [5.41, 5.74) is 0. The van der Waals surface area contributed by atoms with E-state index in [0.29, 0.717) is 30.8 Å². The van der Waals surface area contributed by atoms with Crippen molar-refractivity contribution in [3.8, 4) is 0 Å². The first-order valence-corrected chi connectivity index (χ1v) is 9.97. The van der Waals surface area contributed by atoms with Crippen LogP contribution in [-0.2, 0) is 14.4 Å². The van der Waals surface area contributed by atoms with Gasteiger partial charge >= 0.3 is 0 Å². The Kier molecular flexibility index (Phi) is 5.77. The summed E-state index contributed by atoms with van der Waals surface area (Å²) in [6.45, 7) is 2.46. The number of thiophene rings is 1. The summed E-state index contributed by atoms with van der Waals surface area (Å²) in [5.74, 6) is -0.758. The van der Waals surface area contributed by atoms with Gasteiger partial charge < -0.3 is 10.2 Å². The van der Waals surface area contributed by atoms with Crippen LogP contribution in [0.15, 0.2) is 22.4 Å². The average molecular weight is 393 g/mol. The predicted octanol–water partition coefficient (Wildman–Crippen LogP) is 1.91. The molecule has 0 unspecified atom stereocenters. The molecule has 4 amide bonds. The van der Waals surface area contributed by atoms with Gasteiger partial charge in [-0.3, -0.25) is 24.1 Å². The van der Waals surface area contributed by atoms with Gasteiger partial charge in [0.05, 0.1) is 4.91 Å². The molecule has 0 atom stereocenters. The molecule has 2 aliphatic rings. The summed E-state index contributed by atoms with van der Waals surface area (Å²) in [4.78, 5) is 52.0. The molecule has 0 spiro atoms. The van der Waals surface area contributed by atoms with E-state index in [2.05, 4.69) is 5.32 Å². The molecule has 3 heterocycles. The first-order chi connectivity index (χ1) is 12.4. The van der Waals surface area contributed by atoms with Crippen LogP contribution in [0.4, 0.5) is 4.79 Å². The molecule has 0 aromatic carbocycles. The Morgan fingerprint density at radius 3 is 2.65 bits per heavy atom. The molecule has 0 aliphatic carbocycles. The minimum absolute atomic E-state index is 0.0325. The van der Waals surface area contributed by atoms with Crippen LogP contribution in [0.5, 0.6) is 0 Å². The van der Waals surface area contributed by atoms with Gasteiger partial charge in [0.1, 0.15) is 6.54 Å². The molecular weight excluding hydrogens is 374 g/mol. The molecule has 0 saturated carbocycles. The Hall–Kier alpha value is -2.13. The Balaban J connectivity index is 1.54. The van der Waals surface area contributed by atoms with Gasteiger partial charge in [-0.25, -0.2) is 0 Å². The monoisotopic (exact) mass is 393 g/mol. The van der Waals surface area contributed by atoms with Gasteiger partial charge in [-0.1, -0.05) is 6.07 Å². The number of amides is 4. The maximum atomic E-state index is 12.4. The van der Waals surface area contributed by atoms with Crippen molar-refractivity contribution < 1.29 is 19.2 Å². The van der Waals surface area contributed by atoms with Crippen LogP contribution in [0.1, 0.15) is 24.6 Å². The summed E-state index contributed by atoms with van der Waals surface area (Å²) >= 11 is 2.33. The number of nitrogens with zero attached hydrogens (tertiary/aromatic N) is 2. The highest BCUT2D eigenvalue weighted by molar-refractivity contribution is 8.18. The topological polar surface area (TPSA) is 86.8 Å². The SMILES string of the molecule is CC(=O)N1CCC(NC(=O)CN2C(=O)S/C(=C\c3cccs3)C2=O)CC1. The molecule has 1 aromatic rings. The second kappa shape index (κ2) is 8.05. The molecule has 2 fully saturated rings. The number of hydrogen-bond acceptors (Lipinski definition) is 6. The van der Waals surface area contributed by atoms with Gasteiger partial charge in [0.2, 0.25) is 11.8 Å². The second-order valence-electron chi connectivity index (χ2n) is 6.13. The molecular formula is C17H19N3O4S2. The maximum absolute atomic E-state index is 12.4. The van der Waals surface area contributed by atoms with Crippen molar-refractivity contribution in [1.29, 1.82) is 0 Å². The van der Waals surface area contributed by atoms with Crippen LogP contribution in [0.25, 0.3) is 6.08 Å². The minimum Gasteiger partial charge on any atom is -0.352 e. The summed E-state index contributed by atoms with van der Waals surface area (Å²) < 4.78 is 0. The van der Waals surface area contributed by atoms with Gasteiger partial charge in [-0.05, 0) is 42.1 Å². The van der Waals surface area contributed by atoms with Crippen LogP contribution in [-0.4, -0.2) is 58.4 Å². The summed E-state index contributed by atoms with van der Waals surface area (Å²) in [6.07, 6.45) is 3.02. The number of likely N-dealkylation sites (tertiary alicyclic amines) is 1. The number of nitrogens with one attached hydrogen (secondary N) is 1. The van der Waals surface area contributed by atoms with Crippen LogP contribution in [0, 0.1) is 0 Å². The highest BCUT2D eigenvalue weighted by atomic mass is 32.2. The van der Waals surface area contributed by atoms with Crippen LogP contribution < -0.4 is 5.32 Å². The van der Waals surface area contributed by atoms with Crippen molar-refractivity contribution in [2.24, 2.45) is 0 Å². The molecule has 2 saturated heterocycles. The third-order valence-corrected chi connectivity index (χ3v) is 6.02. The van der Waals surface area contributed by atoms with Crippen LogP contribution >= 0.6 is 23.1 Å². The molecule has 138 valence electrons. The van der Waals surface area contributed by atoms with E-state index in [-0.39, 0.29) is 24.4 Å². The number of imide groups is 1. The standard InChI is InChI=1S/C17H19N3O4S2/c1-11(21)19-6-4-12(5-7-19)18-15(22)10-20-16(23)14(26-17(20)24)9-13-3-2-8-25-13/h2-3,8-9,12H,4-7,10H2,1H3,(H,18,22)/b14-9-. The Morgan fingerprint density at radius 1 is 1.31 bits per heavy atom.